The molecule has 0 saturated carbocycles. The zero-order chi connectivity index (χ0) is 2.00. The molecule has 0 heterocycles. The molecule has 0 aromatic heterocycles. The summed E-state index contributed by atoms with van der Waals surface area (Å²) in [5.74, 6) is 0. The average molecular weight is 262 g/mol. The quantitative estimate of drug-likeness (QED) is 0.397. The molecule has 0 aromatic carbocycles. The Kier molecular flexibility index (Phi) is 135. The molecule has 17 valence electrons. The summed E-state index contributed by atoms with van der Waals surface area (Å²) in [6, 6.07) is 0. The van der Waals surface area contributed by atoms with Gasteiger partial charge >= 0.3 is 65.3 Å². The molecular formula is H2LaLi2OZr. The Morgan fingerprint density at radius 3 is 1.20 bits per heavy atom. The van der Waals surface area contributed by atoms with Crippen molar-refractivity contribution >= 4 is 0 Å². The topological polar surface area (TPSA) is 17.1 Å². The minimum absolute atomic E-state index is 0. The Balaban J connectivity index is -0.000000000500. The normalized spacial score (nSPS) is 0.600. The first kappa shape index (κ1) is 24.3. The molecule has 0 aromatic rings. The van der Waals surface area contributed by atoms with Crippen molar-refractivity contribution in [3.8, 4) is 0 Å². The van der Waals surface area contributed by atoms with Gasteiger partial charge in [0, 0.05) is 35.6 Å². The second kappa shape index (κ2) is 27.6. The first-order valence-corrected chi connectivity index (χ1v) is 1.21. The fourth-order valence-corrected chi connectivity index (χ4v) is 0. The van der Waals surface area contributed by atoms with Crippen molar-refractivity contribution in [2.45, 2.75) is 0 Å². The van der Waals surface area contributed by atoms with E-state index in [0.29, 0.717) is 24.7 Å². The zero-order valence-corrected chi connectivity index (χ0v) is 9.57. The molecule has 1 nitrogen and oxygen atoms in total. The average Bonchev–Trinajstić information content (AvgIpc) is 1.00. The van der Waals surface area contributed by atoms with E-state index in [2.05, 4.69) is 0 Å². The van der Waals surface area contributed by atoms with E-state index in [1.54, 1.807) is 0 Å². The van der Waals surface area contributed by atoms with Crippen LogP contribution in [0.3, 0.4) is 0 Å². The van der Waals surface area contributed by atoms with Crippen LogP contribution in [0.2, 0.25) is 0 Å². The van der Waals surface area contributed by atoms with Gasteiger partial charge in [-0.1, -0.05) is 0 Å². The minimum atomic E-state index is 0. The maximum absolute atomic E-state index is 8.34. The van der Waals surface area contributed by atoms with E-state index in [4.69, 9.17) is 2.81 Å². The molecule has 5 heavy (non-hydrogen) atoms. The number of hydrogen-bond acceptors (Lipinski definition) is 1. The van der Waals surface area contributed by atoms with Crippen molar-refractivity contribution in [2.75, 3.05) is 0 Å². The fourth-order valence-electron chi connectivity index (χ4n) is 0. The van der Waals surface area contributed by atoms with Gasteiger partial charge in [0.25, 0.3) is 0 Å². The first-order valence-electron chi connectivity index (χ1n) is 0.204. The summed E-state index contributed by atoms with van der Waals surface area (Å²) in [5, 5.41) is 0. The van der Waals surface area contributed by atoms with Gasteiger partial charge in [-0.05, 0) is 0 Å². The van der Waals surface area contributed by atoms with Crippen LogP contribution in [-0.2, 0) is 27.5 Å². The third-order valence-electron chi connectivity index (χ3n) is 0. The SMILES string of the molecule is [H-].[H-].[La].[Li+].[Li+].[O]=[Zr]. The molecule has 0 rings (SSSR count). The number of rotatable bonds is 0. The fraction of sp³-hybridized carbons (Fsp3) is 0. The Hall–Kier alpha value is 3.07. The summed E-state index contributed by atoms with van der Waals surface area (Å²) in [6.07, 6.45) is 0. The standard InChI is InChI=1S/La.2Li.O.Zr.2H/q;2*+1;;;2*-1. The van der Waals surface area contributed by atoms with Gasteiger partial charge in [0.05, 0.1) is 0 Å². The molecule has 0 bridgehead atoms. The summed E-state index contributed by atoms with van der Waals surface area (Å²) in [6.45, 7) is 0. The van der Waals surface area contributed by atoms with Crippen molar-refractivity contribution in [1.82, 2.24) is 0 Å². The zero-order valence-electron chi connectivity index (χ0n) is 5.49. The molecular weight excluding hydrogens is 260 g/mol. The molecule has 0 unspecified atom stereocenters. The van der Waals surface area contributed by atoms with Crippen molar-refractivity contribution in [2.24, 2.45) is 0 Å². The molecule has 0 atom stereocenters. The molecule has 0 aliphatic heterocycles. The molecule has 0 saturated heterocycles. The molecule has 5 heteroatoms. The molecule has 0 N–H and O–H groups in total. The Labute approximate surface area is 102 Å². The van der Waals surface area contributed by atoms with Gasteiger partial charge in [-0.3, -0.25) is 0 Å². The number of hydrogen-bond donors (Lipinski definition) is 0. The van der Waals surface area contributed by atoms with E-state index in [1.165, 1.54) is 0 Å². The van der Waals surface area contributed by atoms with E-state index in [9.17, 15) is 0 Å². The third kappa shape index (κ3) is 19.3. The second-order valence-electron chi connectivity index (χ2n) is 0. The second-order valence-corrected chi connectivity index (χ2v) is 0. The van der Waals surface area contributed by atoms with Crippen molar-refractivity contribution < 1.29 is 104 Å². The van der Waals surface area contributed by atoms with E-state index in [-0.39, 0.29) is 76.2 Å². The summed E-state index contributed by atoms with van der Waals surface area (Å²) >= 11 is 0.300. The van der Waals surface area contributed by atoms with Gasteiger partial charge in [-0.15, -0.1) is 0 Å². The molecule has 1 radical (unpaired) electrons. The van der Waals surface area contributed by atoms with E-state index < -0.39 is 0 Å². The van der Waals surface area contributed by atoms with Crippen LogP contribution in [0, 0.1) is 35.6 Å². The molecule has 0 spiro atoms. The first-order chi connectivity index (χ1) is 1.00. The van der Waals surface area contributed by atoms with Gasteiger partial charge in [0.2, 0.25) is 0 Å². The van der Waals surface area contributed by atoms with Crippen molar-refractivity contribution in [3.63, 3.8) is 0 Å². The van der Waals surface area contributed by atoms with Crippen LogP contribution >= 0.6 is 0 Å². The molecule has 0 amide bonds. The third-order valence-corrected chi connectivity index (χ3v) is 0. The van der Waals surface area contributed by atoms with Gasteiger partial charge in [-0.2, -0.15) is 0 Å². The summed E-state index contributed by atoms with van der Waals surface area (Å²) in [7, 11) is 0. The van der Waals surface area contributed by atoms with E-state index >= 15 is 0 Å². The predicted molar refractivity (Wildman–Crippen MR) is 2.91 cm³/mol. The van der Waals surface area contributed by atoms with E-state index in [1.807, 2.05) is 0 Å². The summed E-state index contributed by atoms with van der Waals surface area (Å²) < 4.78 is 8.34. The van der Waals surface area contributed by atoms with Crippen molar-refractivity contribution in [1.29, 1.82) is 0 Å². The van der Waals surface area contributed by atoms with Crippen LogP contribution < -0.4 is 37.7 Å². The molecule has 0 fully saturated rings. The van der Waals surface area contributed by atoms with Crippen LogP contribution in [0.4, 0.5) is 0 Å². The van der Waals surface area contributed by atoms with Crippen LogP contribution in [0.5, 0.6) is 0 Å². The van der Waals surface area contributed by atoms with Crippen LogP contribution in [0.25, 0.3) is 0 Å². The van der Waals surface area contributed by atoms with Gasteiger partial charge in [-0.25, -0.2) is 0 Å². The van der Waals surface area contributed by atoms with Gasteiger partial charge in [0.1, 0.15) is 0 Å². The Morgan fingerprint density at radius 1 is 1.20 bits per heavy atom. The van der Waals surface area contributed by atoms with Crippen LogP contribution in [0.1, 0.15) is 2.85 Å². The predicted octanol–water partition coefficient (Wildman–Crippen LogP) is -5.89. The summed E-state index contributed by atoms with van der Waals surface area (Å²) in [5.41, 5.74) is 0. The van der Waals surface area contributed by atoms with E-state index in [0.717, 1.165) is 0 Å². The monoisotopic (exact) mass is 261 g/mol. The molecule has 0 aliphatic carbocycles. The van der Waals surface area contributed by atoms with Crippen molar-refractivity contribution in [3.05, 3.63) is 0 Å². The molecule has 0 aliphatic rings. The Morgan fingerprint density at radius 2 is 1.20 bits per heavy atom. The Bertz CT molecular complexity index is 15.7. The van der Waals surface area contributed by atoms with Gasteiger partial charge in [0.15, 0.2) is 0 Å². The van der Waals surface area contributed by atoms with Crippen LogP contribution in [0.15, 0.2) is 0 Å². The van der Waals surface area contributed by atoms with Gasteiger partial charge < -0.3 is 2.85 Å². The summed E-state index contributed by atoms with van der Waals surface area (Å²) in [4.78, 5) is 0. The van der Waals surface area contributed by atoms with Crippen LogP contribution in [-0.4, -0.2) is 0 Å². The maximum atomic E-state index is 8.34.